The lowest BCUT2D eigenvalue weighted by Gasteiger charge is -2.35. The first-order chi connectivity index (χ1) is 14.7. The molecule has 0 unspecified atom stereocenters. The monoisotopic (exact) mass is 461 g/mol. The molecule has 8 nitrogen and oxygen atoms in total. The third-order valence-electron chi connectivity index (χ3n) is 5.21. The van der Waals surface area contributed by atoms with Gasteiger partial charge in [-0.25, -0.2) is 9.78 Å². The number of carboxylic acids is 1. The predicted octanol–water partition coefficient (Wildman–Crippen LogP) is 2.64. The molecule has 2 aliphatic heterocycles. The van der Waals surface area contributed by atoms with Crippen molar-refractivity contribution in [3.63, 3.8) is 0 Å². The first-order valence-corrected chi connectivity index (χ1v) is 10.5. The van der Waals surface area contributed by atoms with Gasteiger partial charge in [-0.2, -0.15) is 13.2 Å². The zero-order chi connectivity index (χ0) is 22.4. The van der Waals surface area contributed by atoms with Crippen molar-refractivity contribution in [1.29, 1.82) is 0 Å². The second-order valence-electron chi connectivity index (χ2n) is 7.29. The van der Waals surface area contributed by atoms with E-state index in [2.05, 4.69) is 15.2 Å². The number of carboxylic acid groups (broad SMARTS) is 1. The lowest BCUT2D eigenvalue weighted by Crippen LogP contribution is -2.43. The topological polar surface area (TPSA) is 105 Å². The number of hydrogen-bond acceptors (Lipinski definition) is 7. The smallest absolute Gasteiger partial charge is 0.475 e. The van der Waals surface area contributed by atoms with E-state index in [1.54, 1.807) is 17.2 Å². The van der Waals surface area contributed by atoms with Crippen LogP contribution in [0.1, 0.15) is 22.7 Å². The van der Waals surface area contributed by atoms with Crippen LogP contribution in [-0.2, 0) is 16.1 Å². The summed E-state index contributed by atoms with van der Waals surface area (Å²) in [6, 6.07) is 3.95. The number of ether oxygens (including phenoxy) is 1. The third-order valence-corrected chi connectivity index (χ3v) is 5.80. The third kappa shape index (κ3) is 6.52. The number of amides is 1. The van der Waals surface area contributed by atoms with Gasteiger partial charge >= 0.3 is 12.1 Å². The van der Waals surface area contributed by atoms with Crippen LogP contribution >= 0.6 is 11.3 Å². The maximum Gasteiger partial charge on any atom is 0.490 e. The molecule has 2 aromatic heterocycles. The molecule has 0 spiro atoms. The maximum atomic E-state index is 12.0. The highest BCUT2D eigenvalue weighted by Crippen LogP contribution is 2.34. The summed E-state index contributed by atoms with van der Waals surface area (Å²) in [5, 5.41) is 11.8. The number of hydrogen-bond donors (Lipinski definition) is 2. The van der Waals surface area contributed by atoms with Gasteiger partial charge in [-0.3, -0.25) is 9.69 Å². The highest BCUT2D eigenvalue weighted by molar-refractivity contribution is 7.07. The molecule has 12 heteroatoms. The van der Waals surface area contributed by atoms with Crippen molar-refractivity contribution >= 4 is 23.2 Å². The van der Waals surface area contributed by atoms with Crippen molar-refractivity contribution in [3.05, 3.63) is 40.7 Å². The summed E-state index contributed by atoms with van der Waals surface area (Å²) >= 11 is 1.43. The van der Waals surface area contributed by atoms with E-state index in [0.29, 0.717) is 24.1 Å². The zero-order valence-corrected chi connectivity index (χ0v) is 17.2. The van der Waals surface area contributed by atoms with Gasteiger partial charge in [-0.1, -0.05) is 0 Å². The molecule has 3 atom stereocenters. The summed E-state index contributed by atoms with van der Waals surface area (Å²) in [7, 11) is 0. The highest BCUT2D eigenvalue weighted by atomic mass is 32.1. The van der Waals surface area contributed by atoms with Gasteiger partial charge in [0, 0.05) is 24.4 Å². The van der Waals surface area contributed by atoms with E-state index in [4.69, 9.17) is 19.1 Å². The van der Waals surface area contributed by atoms with Crippen LogP contribution in [0.4, 0.5) is 13.2 Å². The lowest BCUT2D eigenvalue weighted by atomic mass is 9.84. The van der Waals surface area contributed by atoms with Crippen molar-refractivity contribution in [2.75, 3.05) is 26.2 Å². The van der Waals surface area contributed by atoms with Crippen molar-refractivity contribution in [3.8, 4) is 0 Å². The Morgan fingerprint density at radius 1 is 1.39 bits per heavy atom. The van der Waals surface area contributed by atoms with Gasteiger partial charge in [-0.15, -0.1) is 11.3 Å². The number of nitrogens with zero attached hydrogens (tertiary/aromatic N) is 2. The molecule has 2 N–H and O–H groups in total. The molecule has 1 amide bonds. The summed E-state index contributed by atoms with van der Waals surface area (Å²) in [5.74, 6) is -0.797. The number of aromatic nitrogens is 1. The average molecular weight is 461 g/mol. The molecule has 4 heterocycles. The van der Waals surface area contributed by atoms with Gasteiger partial charge in [0.25, 0.3) is 5.91 Å². The van der Waals surface area contributed by atoms with Crippen molar-refractivity contribution in [2.24, 2.45) is 11.8 Å². The standard InChI is InChI=1S/C17H21N3O3S.C2HF3O2/c21-17(15-10-24-11-19-15)18-6-16-14-3-4-20(7-12(14)9-23-16)8-13-2-1-5-22-13;3-2(4,5)1(6)7/h1-2,5,10-12,14,16H,3-4,6-9H2,(H,18,21);(H,6,7)/t12-,14-,16+;/m0./s1. The Kier molecular flexibility index (Phi) is 7.68. The van der Waals surface area contributed by atoms with Gasteiger partial charge in [0.05, 0.1) is 31.0 Å². The Hall–Kier alpha value is -2.44. The summed E-state index contributed by atoms with van der Waals surface area (Å²) in [6.45, 7) is 4.28. The van der Waals surface area contributed by atoms with E-state index in [1.807, 2.05) is 12.1 Å². The van der Waals surface area contributed by atoms with E-state index in [9.17, 15) is 18.0 Å². The van der Waals surface area contributed by atoms with Crippen molar-refractivity contribution in [2.45, 2.75) is 25.2 Å². The Bertz CT molecular complexity index is 845. The molecular formula is C19H22F3N3O5S. The summed E-state index contributed by atoms with van der Waals surface area (Å²) < 4.78 is 43.1. The van der Waals surface area contributed by atoms with E-state index >= 15 is 0 Å². The fourth-order valence-electron chi connectivity index (χ4n) is 3.75. The molecule has 170 valence electrons. The molecular weight excluding hydrogens is 439 g/mol. The Balaban J connectivity index is 0.000000339. The van der Waals surface area contributed by atoms with Crippen LogP contribution in [0.25, 0.3) is 0 Å². The molecule has 0 aliphatic carbocycles. The van der Waals surface area contributed by atoms with E-state index in [0.717, 1.165) is 38.4 Å². The molecule has 2 fully saturated rings. The second kappa shape index (κ2) is 10.2. The van der Waals surface area contributed by atoms with Crippen LogP contribution in [0, 0.1) is 11.8 Å². The molecule has 2 aromatic rings. The van der Waals surface area contributed by atoms with Crippen LogP contribution in [0.2, 0.25) is 0 Å². The Morgan fingerprint density at radius 3 is 2.77 bits per heavy atom. The highest BCUT2D eigenvalue weighted by Gasteiger charge is 2.41. The number of halogens is 3. The zero-order valence-electron chi connectivity index (χ0n) is 16.4. The minimum Gasteiger partial charge on any atom is -0.475 e. The predicted molar refractivity (Wildman–Crippen MR) is 103 cm³/mol. The van der Waals surface area contributed by atoms with Crippen LogP contribution in [-0.4, -0.2) is 65.4 Å². The molecule has 0 bridgehead atoms. The van der Waals surface area contributed by atoms with Crippen molar-refractivity contribution in [1.82, 2.24) is 15.2 Å². The number of aliphatic carboxylic acids is 1. The summed E-state index contributed by atoms with van der Waals surface area (Å²) in [4.78, 5) is 27.4. The molecule has 0 radical (unpaired) electrons. The Labute approximate surface area is 180 Å². The molecule has 0 saturated carbocycles. The van der Waals surface area contributed by atoms with Gasteiger partial charge in [0.1, 0.15) is 11.5 Å². The van der Waals surface area contributed by atoms with E-state index in [1.165, 1.54) is 11.3 Å². The number of carbonyl (C=O) groups is 2. The minimum absolute atomic E-state index is 0.112. The van der Waals surface area contributed by atoms with Crippen molar-refractivity contribution < 1.29 is 37.0 Å². The van der Waals surface area contributed by atoms with Gasteiger partial charge in [-0.05, 0) is 31.0 Å². The number of rotatable bonds is 5. The molecule has 0 aromatic carbocycles. The molecule has 31 heavy (non-hydrogen) atoms. The number of carbonyl (C=O) groups excluding carboxylic acids is 1. The van der Waals surface area contributed by atoms with Crippen LogP contribution < -0.4 is 5.32 Å². The fraction of sp³-hybridized carbons (Fsp3) is 0.526. The second-order valence-corrected chi connectivity index (χ2v) is 8.00. The quantitative estimate of drug-likeness (QED) is 0.705. The van der Waals surface area contributed by atoms with Crippen LogP contribution in [0.3, 0.4) is 0 Å². The molecule has 2 saturated heterocycles. The number of thiazole rings is 1. The van der Waals surface area contributed by atoms with Gasteiger partial charge in [0.2, 0.25) is 0 Å². The molecule has 4 rings (SSSR count). The number of likely N-dealkylation sites (tertiary alicyclic amines) is 1. The van der Waals surface area contributed by atoms with Crippen LogP contribution in [0.15, 0.2) is 33.7 Å². The van der Waals surface area contributed by atoms with E-state index in [-0.39, 0.29) is 12.0 Å². The van der Waals surface area contributed by atoms with Gasteiger partial charge < -0.3 is 19.6 Å². The first-order valence-electron chi connectivity index (χ1n) is 9.57. The normalized spacial score (nSPS) is 23.5. The largest absolute Gasteiger partial charge is 0.490 e. The number of fused-ring (bicyclic) bond motifs is 1. The van der Waals surface area contributed by atoms with E-state index < -0.39 is 12.1 Å². The maximum absolute atomic E-state index is 12.0. The minimum atomic E-state index is -5.08. The van der Waals surface area contributed by atoms with Crippen LogP contribution in [0.5, 0.6) is 0 Å². The SMILES string of the molecule is O=C(NC[C@H]1OC[C@@H]2CN(Cc3ccco3)CC[C@@H]21)c1cscn1.O=C(O)C(F)(F)F. The lowest BCUT2D eigenvalue weighted by molar-refractivity contribution is -0.192. The van der Waals surface area contributed by atoms with Gasteiger partial charge in [0.15, 0.2) is 0 Å². The average Bonchev–Trinajstić information content (AvgIpc) is 3.48. The Morgan fingerprint density at radius 2 is 2.16 bits per heavy atom. The summed E-state index contributed by atoms with van der Waals surface area (Å²) in [5.41, 5.74) is 2.16. The molecule has 2 aliphatic rings. The number of nitrogens with one attached hydrogen (secondary N) is 1. The number of furan rings is 1. The number of piperidine rings is 1. The number of alkyl halides is 3. The fourth-order valence-corrected chi connectivity index (χ4v) is 4.28. The summed E-state index contributed by atoms with van der Waals surface area (Å²) in [6.07, 6.45) is -2.15. The first kappa shape index (κ1) is 23.2.